The molecule has 0 aliphatic heterocycles. The summed E-state index contributed by atoms with van der Waals surface area (Å²) in [5.41, 5.74) is 3.43. The van der Waals surface area contributed by atoms with Gasteiger partial charge >= 0.3 is 0 Å². The summed E-state index contributed by atoms with van der Waals surface area (Å²) in [5, 5.41) is 3.68. The first kappa shape index (κ1) is 13.6. The summed E-state index contributed by atoms with van der Waals surface area (Å²) in [4.78, 5) is 0. The number of aryl methyl sites for hydroxylation is 1. The second-order valence-electron chi connectivity index (χ2n) is 6.19. The van der Waals surface area contributed by atoms with E-state index >= 15 is 0 Å². The summed E-state index contributed by atoms with van der Waals surface area (Å²) in [6, 6.07) is 9.55. The molecule has 0 unspecified atom stereocenters. The Morgan fingerprint density at radius 3 is 2.39 bits per heavy atom. The molecule has 1 aromatic rings. The van der Waals surface area contributed by atoms with E-state index in [0.717, 1.165) is 6.54 Å². The van der Waals surface area contributed by atoms with Crippen LogP contribution in [0.25, 0.3) is 0 Å². The summed E-state index contributed by atoms with van der Waals surface area (Å²) < 4.78 is 0. The van der Waals surface area contributed by atoms with E-state index in [0.29, 0.717) is 11.5 Å². The third-order valence-electron chi connectivity index (χ3n) is 4.38. The molecule has 0 radical (unpaired) electrons. The molecule has 1 heteroatoms. The molecule has 18 heavy (non-hydrogen) atoms. The number of rotatable bonds is 4. The van der Waals surface area contributed by atoms with Gasteiger partial charge in [0.1, 0.15) is 0 Å². The average molecular weight is 245 g/mol. The van der Waals surface area contributed by atoms with Crippen LogP contribution in [0.4, 0.5) is 0 Å². The van der Waals surface area contributed by atoms with Crippen molar-refractivity contribution in [1.29, 1.82) is 0 Å². The highest BCUT2D eigenvalue weighted by Crippen LogP contribution is 2.40. The molecule has 0 aromatic heterocycles. The molecule has 0 saturated heterocycles. The van der Waals surface area contributed by atoms with E-state index in [1.54, 1.807) is 5.56 Å². The summed E-state index contributed by atoms with van der Waals surface area (Å²) >= 11 is 0. The summed E-state index contributed by atoms with van der Waals surface area (Å²) in [6.45, 7) is 7.89. The molecular formula is C17H27N. The predicted molar refractivity (Wildman–Crippen MR) is 79.1 cm³/mol. The average Bonchev–Trinajstić information content (AvgIpc) is 2.38. The monoisotopic (exact) mass is 245 g/mol. The van der Waals surface area contributed by atoms with Gasteiger partial charge in [-0.25, -0.2) is 0 Å². The highest BCUT2D eigenvalue weighted by molar-refractivity contribution is 5.34. The maximum Gasteiger partial charge on any atom is 0.00805 e. The van der Waals surface area contributed by atoms with Crippen LogP contribution in [0.3, 0.4) is 0 Å². The molecule has 0 atom stereocenters. The Labute approximate surface area is 112 Å². The fourth-order valence-corrected chi connectivity index (χ4v) is 3.34. The molecule has 0 heterocycles. The normalized spacial score (nSPS) is 19.1. The van der Waals surface area contributed by atoms with Gasteiger partial charge in [-0.2, -0.15) is 0 Å². The first-order valence-corrected chi connectivity index (χ1v) is 7.43. The Hall–Kier alpha value is -0.820. The zero-order valence-electron chi connectivity index (χ0n) is 12.1. The van der Waals surface area contributed by atoms with E-state index in [1.807, 2.05) is 0 Å². The van der Waals surface area contributed by atoms with Gasteiger partial charge in [0, 0.05) is 18.0 Å². The molecule has 1 aliphatic carbocycles. The van der Waals surface area contributed by atoms with E-state index in [9.17, 15) is 0 Å². The molecule has 1 N–H and O–H groups in total. The maximum atomic E-state index is 3.68. The number of hydrogen-bond acceptors (Lipinski definition) is 1. The van der Waals surface area contributed by atoms with E-state index in [1.165, 1.54) is 37.7 Å². The van der Waals surface area contributed by atoms with Crippen molar-refractivity contribution in [3.63, 3.8) is 0 Å². The zero-order valence-corrected chi connectivity index (χ0v) is 12.1. The molecule has 1 nitrogen and oxygen atoms in total. The van der Waals surface area contributed by atoms with Gasteiger partial charge in [0.05, 0.1) is 0 Å². The zero-order chi connectivity index (χ0) is 13.0. The van der Waals surface area contributed by atoms with Crippen LogP contribution in [0.2, 0.25) is 0 Å². The standard InChI is InChI=1S/C17H27N/c1-14(2)18-13-17(11-7-4-8-12-17)16-10-6-5-9-15(16)3/h5-6,9-10,14,18H,4,7-8,11-13H2,1-3H3. The second-order valence-corrected chi connectivity index (χ2v) is 6.19. The number of nitrogens with one attached hydrogen (secondary N) is 1. The van der Waals surface area contributed by atoms with E-state index in [2.05, 4.69) is 50.4 Å². The number of benzene rings is 1. The van der Waals surface area contributed by atoms with Gasteiger partial charge in [0.2, 0.25) is 0 Å². The lowest BCUT2D eigenvalue weighted by Crippen LogP contribution is -2.42. The van der Waals surface area contributed by atoms with E-state index < -0.39 is 0 Å². The maximum absolute atomic E-state index is 3.68. The van der Waals surface area contributed by atoms with E-state index in [4.69, 9.17) is 0 Å². The van der Waals surface area contributed by atoms with Crippen LogP contribution in [-0.4, -0.2) is 12.6 Å². The molecule has 0 bridgehead atoms. The van der Waals surface area contributed by atoms with Crippen LogP contribution in [0, 0.1) is 6.92 Å². The Morgan fingerprint density at radius 1 is 1.11 bits per heavy atom. The highest BCUT2D eigenvalue weighted by atomic mass is 14.9. The number of hydrogen-bond donors (Lipinski definition) is 1. The quantitative estimate of drug-likeness (QED) is 0.838. The van der Waals surface area contributed by atoms with Crippen molar-refractivity contribution in [2.75, 3.05) is 6.54 Å². The van der Waals surface area contributed by atoms with E-state index in [-0.39, 0.29) is 0 Å². The smallest absolute Gasteiger partial charge is 0.00805 e. The van der Waals surface area contributed by atoms with Gasteiger partial charge in [-0.15, -0.1) is 0 Å². The minimum atomic E-state index is 0.383. The van der Waals surface area contributed by atoms with Gasteiger partial charge in [-0.1, -0.05) is 57.4 Å². The van der Waals surface area contributed by atoms with Crippen molar-refractivity contribution < 1.29 is 0 Å². The largest absolute Gasteiger partial charge is 0.314 e. The van der Waals surface area contributed by atoms with Gasteiger partial charge in [0.25, 0.3) is 0 Å². The first-order valence-electron chi connectivity index (χ1n) is 7.43. The van der Waals surface area contributed by atoms with Crippen LogP contribution >= 0.6 is 0 Å². The van der Waals surface area contributed by atoms with Gasteiger partial charge in [0.15, 0.2) is 0 Å². The van der Waals surface area contributed by atoms with Gasteiger partial charge in [-0.3, -0.25) is 0 Å². The molecule has 100 valence electrons. The van der Waals surface area contributed by atoms with Gasteiger partial charge < -0.3 is 5.32 Å². The first-order chi connectivity index (χ1) is 8.64. The van der Waals surface area contributed by atoms with Crippen molar-refractivity contribution in [2.24, 2.45) is 0 Å². The van der Waals surface area contributed by atoms with Crippen LogP contribution in [0.5, 0.6) is 0 Å². The molecule has 2 rings (SSSR count). The fourth-order valence-electron chi connectivity index (χ4n) is 3.34. The van der Waals surface area contributed by atoms with Crippen LogP contribution in [0.15, 0.2) is 24.3 Å². The lowest BCUT2D eigenvalue weighted by molar-refractivity contribution is 0.272. The second kappa shape index (κ2) is 5.88. The molecule has 1 saturated carbocycles. The van der Waals surface area contributed by atoms with Crippen molar-refractivity contribution in [2.45, 2.75) is 64.3 Å². The molecule has 1 fully saturated rings. The topological polar surface area (TPSA) is 12.0 Å². The van der Waals surface area contributed by atoms with Crippen LogP contribution in [-0.2, 0) is 5.41 Å². The molecule has 0 amide bonds. The highest BCUT2D eigenvalue weighted by Gasteiger charge is 2.34. The Morgan fingerprint density at radius 2 is 1.78 bits per heavy atom. The predicted octanol–water partition coefficient (Wildman–Crippen LogP) is 4.19. The summed E-state index contributed by atoms with van der Waals surface area (Å²) in [6.07, 6.45) is 6.87. The Kier molecular flexibility index (Phi) is 4.45. The van der Waals surface area contributed by atoms with Crippen molar-refractivity contribution >= 4 is 0 Å². The third kappa shape index (κ3) is 2.95. The van der Waals surface area contributed by atoms with Crippen LogP contribution in [0.1, 0.15) is 57.1 Å². The Balaban J connectivity index is 2.26. The summed E-state index contributed by atoms with van der Waals surface area (Å²) in [7, 11) is 0. The fraction of sp³-hybridized carbons (Fsp3) is 0.647. The van der Waals surface area contributed by atoms with Crippen molar-refractivity contribution in [3.8, 4) is 0 Å². The van der Waals surface area contributed by atoms with Crippen LogP contribution < -0.4 is 5.32 Å². The minimum absolute atomic E-state index is 0.383. The van der Waals surface area contributed by atoms with Crippen molar-refractivity contribution in [3.05, 3.63) is 35.4 Å². The molecule has 1 aliphatic rings. The van der Waals surface area contributed by atoms with Crippen molar-refractivity contribution in [1.82, 2.24) is 5.32 Å². The lowest BCUT2D eigenvalue weighted by Gasteiger charge is -2.39. The minimum Gasteiger partial charge on any atom is -0.314 e. The lowest BCUT2D eigenvalue weighted by atomic mass is 9.68. The molecule has 0 spiro atoms. The third-order valence-corrected chi connectivity index (χ3v) is 4.38. The van der Waals surface area contributed by atoms with Gasteiger partial charge in [-0.05, 0) is 30.9 Å². The Bertz CT molecular complexity index is 375. The summed E-state index contributed by atoms with van der Waals surface area (Å²) in [5.74, 6) is 0. The SMILES string of the molecule is Cc1ccccc1C1(CNC(C)C)CCCCC1. The molecule has 1 aromatic carbocycles. The molecular weight excluding hydrogens is 218 g/mol.